The number of rotatable bonds is 3. The summed E-state index contributed by atoms with van der Waals surface area (Å²) in [5.74, 6) is 0.937. The number of nitrogens with zero attached hydrogens (tertiary/aromatic N) is 2. The highest BCUT2D eigenvalue weighted by atomic mass is 32.2. The van der Waals surface area contributed by atoms with E-state index >= 15 is 0 Å². The highest BCUT2D eigenvalue weighted by Gasteiger charge is 2.25. The molecule has 1 aromatic carbocycles. The number of ether oxygens (including phenoxy) is 1. The highest BCUT2D eigenvalue weighted by molar-refractivity contribution is 7.89. The van der Waals surface area contributed by atoms with E-state index in [9.17, 15) is 8.42 Å². The third kappa shape index (κ3) is 2.75. The van der Waals surface area contributed by atoms with Crippen LogP contribution in [0.15, 0.2) is 33.2 Å². The van der Waals surface area contributed by atoms with Crippen LogP contribution in [0.5, 0.6) is 5.75 Å². The minimum absolute atomic E-state index is 0.0526. The molecule has 2 heterocycles. The van der Waals surface area contributed by atoms with Crippen molar-refractivity contribution in [1.82, 2.24) is 5.16 Å². The van der Waals surface area contributed by atoms with E-state index in [-0.39, 0.29) is 18.2 Å². The molecule has 110 valence electrons. The predicted molar refractivity (Wildman–Crippen MR) is 75.4 cm³/mol. The van der Waals surface area contributed by atoms with Crippen LogP contribution in [0.3, 0.4) is 0 Å². The van der Waals surface area contributed by atoms with Crippen molar-refractivity contribution >= 4 is 15.9 Å². The number of nitrogens with two attached hydrogens (primary N) is 1. The van der Waals surface area contributed by atoms with Gasteiger partial charge < -0.3 is 15.0 Å². The highest BCUT2D eigenvalue weighted by Crippen LogP contribution is 2.28. The molecular formula is C13H13N3O4S. The van der Waals surface area contributed by atoms with Gasteiger partial charge in [-0.2, -0.15) is 0 Å². The van der Waals surface area contributed by atoms with Gasteiger partial charge >= 0.3 is 0 Å². The summed E-state index contributed by atoms with van der Waals surface area (Å²) in [4.78, 5) is 0. The largest absolute Gasteiger partial charge is 0.486 e. The van der Waals surface area contributed by atoms with Gasteiger partial charge in [0, 0.05) is 6.07 Å². The maximum absolute atomic E-state index is 11.6. The van der Waals surface area contributed by atoms with Crippen molar-refractivity contribution in [3.63, 3.8) is 0 Å². The van der Waals surface area contributed by atoms with Crippen LogP contribution in [-0.2, 0) is 22.4 Å². The Bertz CT molecular complexity index is 824. The summed E-state index contributed by atoms with van der Waals surface area (Å²) in [5, 5.41) is 3.83. The van der Waals surface area contributed by atoms with Gasteiger partial charge in [-0.15, -0.1) is 4.40 Å². The number of benzene rings is 1. The molecule has 0 aliphatic carbocycles. The van der Waals surface area contributed by atoms with Crippen LogP contribution in [0.2, 0.25) is 0 Å². The lowest BCUT2D eigenvalue weighted by atomic mass is 10.1. The predicted octanol–water partition coefficient (Wildman–Crippen LogP) is 1.11. The maximum atomic E-state index is 11.6. The van der Waals surface area contributed by atoms with E-state index in [0.717, 1.165) is 0 Å². The standard InChI is InChI=1S/C13H13N3O4S/c1-8-5-10(15-20-8)6-19-11-4-2-3-9-7-21(17,18)16-13(14)12(9)11/h2-5H,6-7H2,1H3,(H2,14,16). The van der Waals surface area contributed by atoms with Gasteiger partial charge in [-0.1, -0.05) is 17.3 Å². The molecule has 0 saturated carbocycles. The van der Waals surface area contributed by atoms with Crippen molar-refractivity contribution in [1.29, 1.82) is 0 Å². The Morgan fingerprint density at radius 1 is 1.43 bits per heavy atom. The van der Waals surface area contributed by atoms with Gasteiger partial charge in [-0.05, 0) is 18.6 Å². The summed E-state index contributed by atoms with van der Waals surface area (Å²) >= 11 is 0. The Balaban J connectivity index is 1.91. The monoisotopic (exact) mass is 307 g/mol. The lowest BCUT2D eigenvalue weighted by molar-refractivity contribution is 0.287. The van der Waals surface area contributed by atoms with Crippen LogP contribution in [0.1, 0.15) is 22.6 Å². The Labute approximate surface area is 121 Å². The Morgan fingerprint density at radius 3 is 2.95 bits per heavy atom. The van der Waals surface area contributed by atoms with E-state index in [1.807, 2.05) is 0 Å². The van der Waals surface area contributed by atoms with Gasteiger partial charge in [0.2, 0.25) is 0 Å². The molecule has 0 fully saturated rings. The molecule has 21 heavy (non-hydrogen) atoms. The zero-order valence-corrected chi connectivity index (χ0v) is 12.1. The SMILES string of the molecule is Cc1cc(COc2cccc3c2C(N)=NS(=O)(=O)C3)no1. The average molecular weight is 307 g/mol. The van der Waals surface area contributed by atoms with Crippen molar-refractivity contribution in [2.75, 3.05) is 0 Å². The van der Waals surface area contributed by atoms with Crippen molar-refractivity contribution in [3.8, 4) is 5.75 Å². The second kappa shape index (κ2) is 4.88. The number of hydrogen-bond donors (Lipinski definition) is 1. The number of amidine groups is 1. The second-order valence-corrected chi connectivity index (χ2v) is 6.35. The van der Waals surface area contributed by atoms with Crippen LogP contribution in [0.4, 0.5) is 0 Å². The zero-order chi connectivity index (χ0) is 15.0. The average Bonchev–Trinajstić information content (AvgIpc) is 2.80. The van der Waals surface area contributed by atoms with Gasteiger partial charge in [-0.3, -0.25) is 0 Å². The molecule has 0 spiro atoms. The molecule has 0 unspecified atom stereocenters. The van der Waals surface area contributed by atoms with Gasteiger partial charge in [0.15, 0.2) is 0 Å². The topological polar surface area (TPSA) is 108 Å². The number of aryl methyl sites for hydroxylation is 1. The molecule has 0 saturated heterocycles. The summed E-state index contributed by atoms with van der Waals surface area (Å²) in [6.45, 7) is 1.99. The molecule has 2 aromatic rings. The van der Waals surface area contributed by atoms with Gasteiger partial charge in [-0.25, -0.2) is 8.42 Å². The third-order valence-electron chi connectivity index (χ3n) is 3.00. The molecule has 8 heteroatoms. The fourth-order valence-electron chi connectivity index (χ4n) is 2.17. The van der Waals surface area contributed by atoms with Crippen LogP contribution in [-0.4, -0.2) is 19.4 Å². The molecule has 1 aliphatic rings. The van der Waals surface area contributed by atoms with Crippen molar-refractivity contribution in [2.24, 2.45) is 10.1 Å². The first-order valence-corrected chi connectivity index (χ1v) is 7.81. The van der Waals surface area contributed by atoms with E-state index < -0.39 is 10.0 Å². The van der Waals surface area contributed by atoms with Gasteiger partial charge in [0.1, 0.15) is 29.6 Å². The molecule has 0 radical (unpaired) electrons. The first-order chi connectivity index (χ1) is 9.94. The zero-order valence-electron chi connectivity index (χ0n) is 11.2. The van der Waals surface area contributed by atoms with Crippen molar-refractivity contribution in [3.05, 3.63) is 46.8 Å². The molecule has 0 atom stereocenters. The Morgan fingerprint density at radius 2 is 2.24 bits per heavy atom. The van der Waals surface area contributed by atoms with Crippen LogP contribution in [0, 0.1) is 6.92 Å². The van der Waals surface area contributed by atoms with E-state index in [2.05, 4.69) is 9.55 Å². The van der Waals surface area contributed by atoms with E-state index in [0.29, 0.717) is 28.3 Å². The van der Waals surface area contributed by atoms with Gasteiger partial charge in [0.25, 0.3) is 10.0 Å². The summed E-state index contributed by atoms with van der Waals surface area (Å²) in [6, 6.07) is 6.89. The van der Waals surface area contributed by atoms with E-state index in [1.165, 1.54) is 0 Å². The summed E-state index contributed by atoms with van der Waals surface area (Å²) in [7, 11) is -3.55. The van der Waals surface area contributed by atoms with Crippen LogP contribution < -0.4 is 10.5 Å². The minimum atomic E-state index is -3.55. The van der Waals surface area contributed by atoms with E-state index in [4.69, 9.17) is 15.0 Å². The molecule has 7 nitrogen and oxygen atoms in total. The smallest absolute Gasteiger partial charge is 0.259 e. The fourth-order valence-corrected chi connectivity index (χ4v) is 3.26. The van der Waals surface area contributed by atoms with Gasteiger partial charge in [0.05, 0.1) is 11.3 Å². The second-order valence-electron chi connectivity index (χ2n) is 4.71. The minimum Gasteiger partial charge on any atom is -0.486 e. The number of sulfonamides is 1. The number of fused-ring (bicyclic) bond motifs is 1. The van der Waals surface area contributed by atoms with E-state index in [1.54, 1.807) is 31.2 Å². The van der Waals surface area contributed by atoms with Crippen molar-refractivity contribution < 1.29 is 17.7 Å². The molecular weight excluding hydrogens is 294 g/mol. The molecule has 0 bridgehead atoms. The van der Waals surface area contributed by atoms with Crippen LogP contribution >= 0.6 is 0 Å². The lowest BCUT2D eigenvalue weighted by Crippen LogP contribution is -2.24. The lowest BCUT2D eigenvalue weighted by Gasteiger charge is -2.17. The summed E-state index contributed by atoms with van der Waals surface area (Å²) in [6.07, 6.45) is 0. The number of aromatic nitrogens is 1. The maximum Gasteiger partial charge on any atom is 0.259 e. The first-order valence-electron chi connectivity index (χ1n) is 6.20. The third-order valence-corrected chi connectivity index (χ3v) is 4.15. The molecule has 1 aliphatic heterocycles. The van der Waals surface area contributed by atoms with Crippen molar-refractivity contribution in [2.45, 2.75) is 19.3 Å². The molecule has 0 amide bonds. The molecule has 1 aromatic heterocycles. The summed E-state index contributed by atoms with van der Waals surface area (Å²) in [5.41, 5.74) is 7.50. The Hall–Kier alpha value is -2.35. The fraction of sp³-hybridized carbons (Fsp3) is 0.231. The molecule has 2 N–H and O–H groups in total. The van der Waals surface area contributed by atoms with Crippen LogP contribution in [0.25, 0.3) is 0 Å². The summed E-state index contributed by atoms with van der Waals surface area (Å²) < 4.78 is 37.3. The number of hydrogen-bond acceptors (Lipinski definition) is 6. The first kappa shape index (κ1) is 13.6. The normalized spacial score (nSPS) is 16.1. The Kier molecular flexibility index (Phi) is 3.17. The molecule has 3 rings (SSSR count). The quantitative estimate of drug-likeness (QED) is 0.910.